The van der Waals surface area contributed by atoms with Crippen molar-refractivity contribution in [3.05, 3.63) is 88.4 Å². The molecule has 0 aliphatic rings. The molecule has 174 valence electrons. The predicted molar refractivity (Wildman–Crippen MR) is 132 cm³/mol. The van der Waals surface area contributed by atoms with Crippen LogP contribution in [0.15, 0.2) is 71.6 Å². The first-order chi connectivity index (χ1) is 15.7. The molecule has 0 spiro atoms. The first kappa shape index (κ1) is 24.6. The monoisotopic (exact) mass is 486 g/mol. The maximum Gasteiger partial charge on any atom is 0.264 e. The van der Waals surface area contributed by atoms with Crippen LogP contribution in [0.4, 0.5) is 5.69 Å². The summed E-state index contributed by atoms with van der Waals surface area (Å²) in [7, 11) is -3.97. The van der Waals surface area contributed by atoms with Gasteiger partial charge in [0.25, 0.3) is 10.0 Å². The summed E-state index contributed by atoms with van der Waals surface area (Å²) in [5.74, 6) is 0.322. The van der Waals surface area contributed by atoms with Gasteiger partial charge in [-0.3, -0.25) is 9.10 Å². The smallest absolute Gasteiger partial charge is 0.264 e. The summed E-state index contributed by atoms with van der Waals surface area (Å²) in [6, 6.07) is 18.7. The molecule has 1 N–H and O–H groups in total. The lowest BCUT2D eigenvalue weighted by molar-refractivity contribution is -0.119. The molecule has 0 aliphatic heterocycles. The molecule has 3 aromatic carbocycles. The molecular formula is C25H27ClN2O4S. The van der Waals surface area contributed by atoms with Gasteiger partial charge in [0.05, 0.1) is 17.1 Å². The zero-order valence-electron chi connectivity index (χ0n) is 18.8. The summed E-state index contributed by atoms with van der Waals surface area (Å²) in [6.07, 6.45) is 0. The number of hydrogen-bond acceptors (Lipinski definition) is 4. The summed E-state index contributed by atoms with van der Waals surface area (Å²) in [5.41, 5.74) is 3.21. The van der Waals surface area contributed by atoms with E-state index < -0.39 is 15.9 Å². The molecule has 0 atom stereocenters. The van der Waals surface area contributed by atoms with Crippen LogP contribution in [-0.4, -0.2) is 34.0 Å². The first-order valence-corrected chi connectivity index (χ1v) is 12.3. The lowest BCUT2D eigenvalue weighted by Crippen LogP contribution is -2.42. The molecule has 3 aromatic rings. The normalized spacial score (nSPS) is 11.2. The number of nitrogens with one attached hydrogen (secondary N) is 1. The van der Waals surface area contributed by atoms with Gasteiger partial charge in [-0.15, -0.1) is 0 Å². The average Bonchev–Trinajstić information content (AvgIpc) is 2.79. The summed E-state index contributed by atoms with van der Waals surface area (Å²) in [4.78, 5) is 12.8. The molecule has 0 aliphatic carbocycles. The van der Waals surface area contributed by atoms with Crippen LogP contribution in [-0.2, 0) is 14.8 Å². The second-order valence-corrected chi connectivity index (χ2v) is 9.95. The fourth-order valence-electron chi connectivity index (χ4n) is 3.34. The maximum atomic E-state index is 13.4. The topological polar surface area (TPSA) is 75.7 Å². The van der Waals surface area contributed by atoms with Gasteiger partial charge in [-0.05, 0) is 73.9 Å². The van der Waals surface area contributed by atoms with Crippen molar-refractivity contribution in [2.24, 2.45) is 0 Å². The minimum Gasteiger partial charge on any atom is -0.491 e. The molecule has 0 heterocycles. The number of anilines is 1. The summed E-state index contributed by atoms with van der Waals surface area (Å²) >= 11 is 6.05. The lowest BCUT2D eigenvalue weighted by Gasteiger charge is -2.25. The van der Waals surface area contributed by atoms with Crippen molar-refractivity contribution in [1.82, 2.24) is 5.32 Å². The fourth-order valence-corrected chi connectivity index (χ4v) is 5.07. The minimum absolute atomic E-state index is 0.102. The van der Waals surface area contributed by atoms with Crippen LogP contribution < -0.4 is 14.4 Å². The maximum absolute atomic E-state index is 13.4. The van der Waals surface area contributed by atoms with E-state index >= 15 is 0 Å². The number of benzene rings is 3. The van der Waals surface area contributed by atoms with Crippen molar-refractivity contribution in [1.29, 1.82) is 0 Å². The van der Waals surface area contributed by atoms with Gasteiger partial charge in [0.2, 0.25) is 5.91 Å². The molecule has 0 saturated carbocycles. The van der Waals surface area contributed by atoms with Crippen LogP contribution in [0.1, 0.15) is 16.7 Å². The van der Waals surface area contributed by atoms with Gasteiger partial charge in [-0.2, -0.15) is 0 Å². The van der Waals surface area contributed by atoms with Gasteiger partial charge in [0, 0.05) is 5.02 Å². The molecule has 6 nitrogen and oxygen atoms in total. The number of hydrogen-bond donors (Lipinski definition) is 1. The van der Waals surface area contributed by atoms with Gasteiger partial charge in [0.15, 0.2) is 0 Å². The Morgan fingerprint density at radius 3 is 2.39 bits per heavy atom. The van der Waals surface area contributed by atoms with E-state index in [1.807, 2.05) is 32.0 Å². The van der Waals surface area contributed by atoms with E-state index in [-0.39, 0.29) is 24.6 Å². The van der Waals surface area contributed by atoms with Crippen LogP contribution in [0, 0.1) is 20.8 Å². The number of ether oxygens (including phenoxy) is 1. The van der Waals surface area contributed by atoms with Crippen LogP contribution in [0.25, 0.3) is 0 Å². The summed E-state index contributed by atoms with van der Waals surface area (Å²) < 4.78 is 33.6. The number of nitrogens with zero attached hydrogens (tertiary/aromatic N) is 1. The molecule has 0 aromatic heterocycles. The number of sulfonamides is 1. The van der Waals surface area contributed by atoms with E-state index in [1.54, 1.807) is 43.3 Å². The van der Waals surface area contributed by atoms with Crippen molar-refractivity contribution in [2.75, 3.05) is 24.0 Å². The van der Waals surface area contributed by atoms with E-state index in [9.17, 15) is 13.2 Å². The van der Waals surface area contributed by atoms with Crippen LogP contribution in [0.2, 0.25) is 5.02 Å². The third-order valence-corrected chi connectivity index (χ3v) is 7.29. The highest BCUT2D eigenvalue weighted by atomic mass is 35.5. The van der Waals surface area contributed by atoms with E-state index in [0.29, 0.717) is 16.3 Å². The Hall–Kier alpha value is -3.03. The van der Waals surface area contributed by atoms with Crippen molar-refractivity contribution in [2.45, 2.75) is 25.7 Å². The van der Waals surface area contributed by atoms with Gasteiger partial charge < -0.3 is 10.1 Å². The zero-order valence-corrected chi connectivity index (χ0v) is 20.4. The average molecular weight is 487 g/mol. The summed E-state index contributed by atoms with van der Waals surface area (Å²) in [6.45, 7) is 5.87. The Morgan fingerprint density at radius 1 is 0.970 bits per heavy atom. The molecular weight excluding hydrogens is 460 g/mol. The molecule has 0 unspecified atom stereocenters. The number of carbonyl (C=O) groups is 1. The van der Waals surface area contributed by atoms with E-state index in [2.05, 4.69) is 5.32 Å². The second kappa shape index (κ2) is 10.7. The van der Waals surface area contributed by atoms with Gasteiger partial charge in [-0.25, -0.2) is 8.42 Å². The predicted octanol–water partition coefficient (Wildman–Crippen LogP) is 4.66. The Labute approximate surface area is 200 Å². The van der Waals surface area contributed by atoms with Crippen LogP contribution in [0.5, 0.6) is 5.75 Å². The van der Waals surface area contributed by atoms with Crippen LogP contribution in [0.3, 0.4) is 0 Å². The molecule has 0 radical (unpaired) electrons. The fraction of sp³-hybridized carbons (Fsp3) is 0.240. The second-order valence-electron chi connectivity index (χ2n) is 7.65. The standard InChI is InChI=1S/C25H27ClN2O4S/c1-18-8-7-11-24(20(18)3)32-15-14-27-25(29)17-28(23-13-12-21(26)16-19(23)2)33(30,31)22-9-5-4-6-10-22/h4-13,16H,14-15,17H2,1-3H3,(H,27,29). The zero-order chi connectivity index (χ0) is 24.0. The van der Waals surface area contributed by atoms with Crippen LogP contribution >= 0.6 is 11.6 Å². The number of rotatable bonds is 9. The molecule has 0 fully saturated rings. The minimum atomic E-state index is -3.97. The number of carbonyl (C=O) groups excluding carboxylic acids is 1. The SMILES string of the molecule is Cc1cc(Cl)ccc1N(CC(=O)NCCOc1cccc(C)c1C)S(=O)(=O)c1ccccc1. The van der Waals surface area contributed by atoms with Gasteiger partial charge in [-0.1, -0.05) is 41.9 Å². The lowest BCUT2D eigenvalue weighted by atomic mass is 10.1. The highest BCUT2D eigenvalue weighted by Gasteiger charge is 2.28. The van der Waals surface area contributed by atoms with Gasteiger partial charge >= 0.3 is 0 Å². The Bertz CT molecular complexity index is 1230. The van der Waals surface area contributed by atoms with Crippen molar-refractivity contribution >= 4 is 33.2 Å². The van der Waals surface area contributed by atoms with Crippen molar-refractivity contribution in [3.8, 4) is 5.75 Å². The third-order valence-electron chi connectivity index (χ3n) is 5.28. The number of aryl methyl sites for hydroxylation is 2. The van der Waals surface area contributed by atoms with E-state index in [1.165, 1.54) is 12.1 Å². The van der Waals surface area contributed by atoms with E-state index in [0.717, 1.165) is 21.2 Å². The van der Waals surface area contributed by atoms with Gasteiger partial charge in [0.1, 0.15) is 18.9 Å². The molecule has 0 saturated heterocycles. The number of halogens is 1. The largest absolute Gasteiger partial charge is 0.491 e. The first-order valence-electron chi connectivity index (χ1n) is 10.5. The van der Waals surface area contributed by atoms with Crippen molar-refractivity contribution < 1.29 is 17.9 Å². The molecule has 8 heteroatoms. The Balaban J connectivity index is 1.73. The Morgan fingerprint density at radius 2 is 1.70 bits per heavy atom. The summed E-state index contributed by atoms with van der Waals surface area (Å²) in [5, 5.41) is 3.23. The quantitative estimate of drug-likeness (QED) is 0.446. The molecule has 1 amide bonds. The molecule has 0 bridgehead atoms. The molecule has 3 rings (SSSR count). The highest BCUT2D eigenvalue weighted by Crippen LogP contribution is 2.28. The third kappa shape index (κ3) is 6.06. The highest BCUT2D eigenvalue weighted by molar-refractivity contribution is 7.92. The van der Waals surface area contributed by atoms with E-state index in [4.69, 9.17) is 16.3 Å². The molecule has 33 heavy (non-hydrogen) atoms. The Kier molecular flexibility index (Phi) is 8.00. The number of amides is 1. The van der Waals surface area contributed by atoms with Crippen molar-refractivity contribution in [3.63, 3.8) is 0 Å².